The van der Waals surface area contributed by atoms with Crippen molar-refractivity contribution < 1.29 is 14.6 Å². The highest BCUT2D eigenvalue weighted by atomic mass is 16.7. The lowest BCUT2D eigenvalue weighted by Gasteiger charge is -2.35. The minimum Gasteiger partial charge on any atom is -0.391 e. The van der Waals surface area contributed by atoms with E-state index in [0.29, 0.717) is 5.92 Å². The summed E-state index contributed by atoms with van der Waals surface area (Å²) in [6.45, 7) is 3.86. The normalized spacial score (nSPS) is 39.5. The van der Waals surface area contributed by atoms with Crippen molar-refractivity contribution in [3.8, 4) is 0 Å². The van der Waals surface area contributed by atoms with Crippen molar-refractivity contribution in [2.24, 2.45) is 5.92 Å². The van der Waals surface area contributed by atoms with Gasteiger partial charge in [-0.05, 0) is 25.7 Å². The van der Waals surface area contributed by atoms with Crippen molar-refractivity contribution in [2.45, 2.75) is 45.2 Å². The molecule has 1 aliphatic heterocycles. The van der Waals surface area contributed by atoms with Crippen LogP contribution < -0.4 is 0 Å². The maximum absolute atomic E-state index is 9.38. The van der Waals surface area contributed by atoms with E-state index in [-0.39, 0.29) is 12.4 Å². The third-order valence-electron chi connectivity index (χ3n) is 2.47. The fourth-order valence-electron chi connectivity index (χ4n) is 1.70. The Bertz CT molecular complexity index is 136. The second-order valence-corrected chi connectivity index (χ2v) is 3.56. The molecule has 1 heterocycles. The number of hydrogen-bond acceptors (Lipinski definition) is 3. The van der Waals surface area contributed by atoms with Crippen LogP contribution in [0.4, 0.5) is 0 Å². The summed E-state index contributed by atoms with van der Waals surface area (Å²) in [4.78, 5) is 0. The summed E-state index contributed by atoms with van der Waals surface area (Å²) < 4.78 is 10.6. The highest BCUT2D eigenvalue weighted by Gasteiger charge is 2.31. The topological polar surface area (TPSA) is 38.7 Å². The summed E-state index contributed by atoms with van der Waals surface area (Å²) in [5.41, 5.74) is 0. The van der Waals surface area contributed by atoms with Crippen LogP contribution in [0.25, 0.3) is 0 Å². The maximum Gasteiger partial charge on any atom is 0.157 e. The van der Waals surface area contributed by atoms with Gasteiger partial charge >= 0.3 is 0 Å². The average molecular weight is 174 g/mol. The first-order chi connectivity index (χ1) is 5.65. The first kappa shape index (κ1) is 9.96. The van der Waals surface area contributed by atoms with E-state index in [0.717, 1.165) is 12.8 Å². The average Bonchev–Trinajstić information content (AvgIpc) is 2.05. The smallest absolute Gasteiger partial charge is 0.157 e. The largest absolute Gasteiger partial charge is 0.391 e. The number of methoxy groups -OCH3 is 1. The number of hydrogen-bond donors (Lipinski definition) is 1. The van der Waals surface area contributed by atoms with E-state index < -0.39 is 6.10 Å². The van der Waals surface area contributed by atoms with Crippen molar-refractivity contribution in [3.05, 3.63) is 0 Å². The van der Waals surface area contributed by atoms with Gasteiger partial charge in [-0.3, -0.25) is 0 Å². The molecule has 0 aromatic rings. The fraction of sp³-hybridized carbons (Fsp3) is 1.00. The Morgan fingerprint density at radius 1 is 1.50 bits per heavy atom. The molecular formula is C9H18O3. The first-order valence-electron chi connectivity index (χ1n) is 4.51. The molecule has 0 spiro atoms. The van der Waals surface area contributed by atoms with Crippen LogP contribution in [0.5, 0.6) is 0 Å². The Labute approximate surface area is 73.7 Å². The van der Waals surface area contributed by atoms with Gasteiger partial charge in [-0.1, -0.05) is 6.92 Å². The standard InChI is InChI=1S/C9H18O3/c1-6-4-5-8(11-3)12-9(6)7(2)10/h6-10H,4-5H2,1-3H3/t6-,7-,8+,9-/m0/s1. The molecule has 1 aliphatic rings. The molecule has 0 radical (unpaired) electrons. The molecule has 0 bridgehead atoms. The van der Waals surface area contributed by atoms with Crippen molar-refractivity contribution in [2.75, 3.05) is 7.11 Å². The maximum atomic E-state index is 9.38. The lowest BCUT2D eigenvalue weighted by atomic mass is 9.93. The summed E-state index contributed by atoms with van der Waals surface area (Å²) >= 11 is 0. The zero-order valence-electron chi connectivity index (χ0n) is 7.99. The molecule has 1 fully saturated rings. The lowest BCUT2D eigenvalue weighted by Crippen LogP contribution is -2.41. The van der Waals surface area contributed by atoms with Crippen molar-refractivity contribution in [3.63, 3.8) is 0 Å². The molecule has 1 N–H and O–H groups in total. The summed E-state index contributed by atoms with van der Waals surface area (Å²) in [5, 5.41) is 9.38. The van der Waals surface area contributed by atoms with E-state index in [4.69, 9.17) is 9.47 Å². The van der Waals surface area contributed by atoms with E-state index in [1.165, 1.54) is 0 Å². The molecule has 0 aromatic carbocycles. The zero-order chi connectivity index (χ0) is 9.14. The van der Waals surface area contributed by atoms with Crippen LogP contribution in [-0.4, -0.2) is 30.7 Å². The van der Waals surface area contributed by atoms with Gasteiger partial charge in [0.2, 0.25) is 0 Å². The monoisotopic (exact) mass is 174 g/mol. The molecule has 1 rings (SSSR count). The summed E-state index contributed by atoms with van der Waals surface area (Å²) in [6, 6.07) is 0. The molecule has 0 aliphatic carbocycles. The number of aliphatic hydroxyl groups is 1. The predicted molar refractivity (Wildman–Crippen MR) is 45.7 cm³/mol. The predicted octanol–water partition coefficient (Wildman–Crippen LogP) is 1.15. The SMILES string of the molecule is CO[C@H]1CC[C@H](C)[C@@H]([C@H](C)O)O1. The summed E-state index contributed by atoms with van der Waals surface area (Å²) in [7, 11) is 1.64. The van der Waals surface area contributed by atoms with Crippen molar-refractivity contribution in [1.29, 1.82) is 0 Å². The van der Waals surface area contributed by atoms with E-state index >= 15 is 0 Å². The van der Waals surface area contributed by atoms with Crippen LogP contribution in [0.15, 0.2) is 0 Å². The quantitative estimate of drug-likeness (QED) is 0.682. The Hall–Kier alpha value is -0.120. The molecule has 0 aromatic heterocycles. The molecule has 12 heavy (non-hydrogen) atoms. The fourth-order valence-corrected chi connectivity index (χ4v) is 1.70. The van der Waals surface area contributed by atoms with Gasteiger partial charge in [0.15, 0.2) is 6.29 Å². The molecule has 1 saturated heterocycles. The third-order valence-corrected chi connectivity index (χ3v) is 2.47. The second-order valence-electron chi connectivity index (χ2n) is 3.56. The number of aliphatic hydroxyl groups excluding tert-OH is 1. The van der Waals surface area contributed by atoms with Gasteiger partial charge in [0.25, 0.3) is 0 Å². The van der Waals surface area contributed by atoms with Crippen LogP contribution in [-0.2, 0) is 9.47 Å². The van der Waals surface area contributed by atoms with E-state index in [1.54, 1.807) is 14.0 Å². The van der Waals surface area contributed by atoms with Gasteiger partial charge < -0.3 is 14.6 Å². The highest BCUT2D eigenvalue weighted by Crippen LogP contribution is 2.26. The number of rotatable bonds is 2. The minimum absolute atomic E-state index is 0.0660. The van der Waals surface area contributed by atoms with Gasteiger partial charge in [-0.2, -0.15) is 0 Å². The van der Waals surface area contributed by atoms with Crippen LogP contribution in [0.3, 0.4) is 0 Å². The van der Waals surface area contributed by atoms with Gasteiger partial charge in [0.1, 0.15) is 0 Å². The number of ether oxygens (including phenoxy) is 2. The zero-order valence-corrected chi connectivity index (χ0v) is 7.99. The van der Waals surface area contributed by atoms with Gasteiger partial charge in [-0.15, -0.1) is 0 Å². The first-order valence-corrected chi connectivity index (χ1v) is 4.51. The van der Waals surface area contributed by atoms with Crippen LogP contribution in [0, 0.1) is 5.92 Å². The molecule has 72 valence electrons. The Kier molecular flexibility index (Phi) is 3.50. The lowest BCUT2D eigenvalue weighted by molar-refractivity contribution is -0.216. The van der Waals surface area contributed by atoms with Gasteiger partial charge in [0, 0.05) is 7.11 Å². The molecule has 0 unspecified atom stereocenters. The van der Waals surface area contributed by atoms with Crippen molar-refractivity contribution in [1.82, 2.24) is 0 Å². The third kappa shape index (κ3) is 2.19. The Morgan fingerprint density at radius 2 is 2.17 bits per heavy atom. The van der Waals surface area contributed by atoms with Crippen LogP contribution >= 0.6 is 0 Å². The van der Waals surface area contributed by atoms with Gasteiger partial charge in [0.05, 0.1) is 12.2 Å². The van der Waals surface area contributed by atoms with Crippen LogP contribution in [0.1, 0.15) is 26.7 Å². The van der Waals surface area contributed by atoms with E-state index in [9.17, 15) is 5.11 Å². The van der Waals surface area contributed by atoms with E-state index in [2.05, 4.69) is 6.92 Å². The van der Waals surface area contributed by atoms with E-state index in [1.807, 2.05) is 0 Å². The summed E-state index contributed by atoms with van der Waals surface area (Å²) in [5.74, 6) is 0.427. The minimum atomic E-state index is -0.405. The van der Waals surface area contributed by atoms with Crippen molar-refractivity contribution >= 4 is 0 Å². The highest BCUT2D eigenvalue weighted by molar-refractivity contribution is 4.76. The molecule has 0 amide bonds. The molecule has 4 atom stereocenters. The molecule has 3 heteroatoms. The Balaban J connectivity index is 2.47. The van der Waals surface area contributed by atoms with Gasteiger partial charge in [-0.25, -0.2) is 0 Å². The molecule has 3 nitrogen and oxygen atoms in total. The molecular weight excluding hydrogens is 156 g/mol. The second kappa shape index (κ2) is 4.21. The molecule has 0 saturated carbocycles. The summed E-state index contributed by atoms with van der Waals surface area (Å²) in [6.07, 6.45) is 1.40. The van der Waals surface area contributed by atoms with Crippen LogP contribution in [0.2, 0.25) is 0 Å². The Morgan fingerprint density at radius 3 is 2.67 bits per heavy atom.